The molecule has 0 radical (unpaired) electrons. The van der Waals surface area contributed by atoms with Gasteiger partial charge in [0.05, 0.1) is 5.69 Å². The third-order valence-corrected chi connectivity index (χ3v) is 3.35. The number of benzene rings is 1. The van der Waals surface area contributed by atoms with Crippen LogP contribution in [0.25, 0.3) is 11.8 Å². The first-order chi connectivity index (χ1) is 9.88. The summed E-state index contributed by atoms with van der Waals surface area (Å²) >= 11 is 0. The molecule has 0 atom stereocenters. The van der Waals surface area contributed by atoms with E-state index in [1.807, 2.05) is 18.5 Å². The van der Waals surface area contributed by atoms with Gasteiger partial charge in [-0.2, -0.15) is 0 Å². The maximum absolute atomic E-state index is 11.3. The average Bonchev–Trinajstić information content (AvgIpc) is 2.83. The summed E-state index contributed by atoms with van der Waals surface area (Å²) in [5.41, 5.74) is 5.74. The highest BCUT2D eigenvalue weighted by molar-refractivity contribution is 5.90. The molecule has 0 aliphatic heterocycles. The van der Waals surface area contributed by atoms with Crippen LogP contribution in [0.4, 0.5) is 0 Å². The lowest BCUT2D eigenvalue weighted by molar-refractivity contribution is -0.153. The molecule has 2 rings (SSSR count). The Morgan fingerprint density at radius 1 is 1.24 bits per heavy atom. The van der Waals surface area contributed by atoms with Crippen LogP contribution in [0.3, 0.4) is 0 Å². The predicted molar refractivity (Wildman–Crippen MR) is 83.6 cm³/mol. The quantitative estimate of drug-likeness (QED) is 0.534. The van der Waals surface area contributed by atoms with E-state index in [0.717, 1.165) is 11.3 Å². The van der Waals surface area contributed by atoms with Gasteiger partial charge in [-0.3, -0.25) is 10.0 Å². The van der Waals surface area contributed by atoms with Crippen LogP contribution in [0.2, 0.25) is 0 Å². The summed E-state index contributed by atoms with van der Waals surface area (Å²) in [6.07, 6.45) is 6.96. The maximum atomic E-state index is 11.3. The van der Waals surface area contributed by atoms with Crippen molar-refractivity contribution >= 4 is 12.0 Å². The van der Waals surface area contributed by atoms with Crippen molar-refractivity contribution in [2.45, 2.75) is 20.8 Å². The number of likely N-dealkylation sites (N-methyl/N-ethyl adjacent to an activating group) is 1. The van der Waals surface area contributed by atoms with Crippen molar-refractivity contribution in [1.29, 1.82) is 0 Å². The van der Waals surface area contributed by atoms with E-state index in [9.17, 15) is 4.79 Å². The summed E-state index contributed by atoms with van der Waals surface area (Å²) in [6.45, 7) is 6.27. The number of hydrogen-bond donors (Lipinski definition) is 1. The highest BCUT2D eigenvalue weighted by atomic mass is 16.5. The Bertz CT molecular complexity index is 674. The van der Waals surface area contributed by atoms with E-state index in [4.69, 9.17) is 5.21 Å². The summed E-state index contributed by atoms with van der Waals surface area (Å²) in [7, 11) is 1.30. The summed E-state index contributed by atoms with van der Waals surface area (Å²) in [4.78, 5) is 11.3. The molecule has 4 heteroatoms. The second-order valence-corrected chi connectivity index (χ2v) is 5.29. The first-order valence-corrected chi connectivity index (χ1v) is 6.79. The van der Waals surface area contributed by atoms with Crippen molar-refractivity contribution in [2.75, 3.05) is 7.05 Å². The van der Waals surface area contributed by atoms with Crippen molar-refractivity contribution in [3.63, 3.8) is 0 Å². The van der Waals surface area contributed by atoms with Crippen molar-refractivity contribution in [1.82, 2.24) is 9.63 Å². The molecule has 1 N–H and O–H groups in total. The number of amides is 1. The van der Waals surface area contributed by atoms with Gasteiger partial charge in [0, 0.05) is 25.5 Å². The van der Waals surface area contributed by atoms with Gasteiger partial charge in [-0.1, -0.05) is 17.7 Å². The van der Waals surface area contributed by atoms with Crippen molar-refractivity contribution in [3.8, 4) is 5.69 Å². The fourth-order valence-electron chi connectivity index (χ4n) is 2.51. The standard InChI is InChI=1S/C17H20N2O2/c1-12-9-13(2)17(14(3)10-12)19-8-7-15(11-19)5-6-16(20)18(4)21/h5-11,21H,1-4H3. The minimum absolute atomic E-state index is 0.453. The molecule has 110 valence electrons. The van der Waals surface area contributed by atoms with Crippen LogP contribution in [-0.4, -0.2) is 27.8 Å². The fourth-order valence-corrected chi connectivity index (χ4v) is 2.51. The van der Waals surface area contributed by atoms with E-state index < -0.39 is 5.91 Å². The number of nitrogens with zero attached hydrogens (tertiary/aromatic N) is 2. The molecule has 4 nitrogen and oxygen atoms in total. The predicted octanol–water partition coefficient (Wildman–Crippen LogP) is 3.26. The fraction of sp³-hybridized carbons (Fsp3) is 0.235. The number of aryl methyl sites for hydroxylation is 3. The van der Waals surface area contributed by atoms with Crippen LogP contribution in [0.15, 0.2) is 36.7 Å². The third-order valence-electron chi connectivity index (χ3n) is 3.35. The van der Waals surface area contributed by atoms with Gasteiger partial charge in [0.25, 0.3) is 5.91 Å². The molecule has 1 heterocycles. The maximum Gasteiger partial charge on any atom is 0.269 e. The van der Waals surface area contributed by atoms with E-state index in [-0.39, 0.29) is 0 Å². The van der Waals surface area contributed by atoms with Gasteiger partial charge in [0.15, 0.2) is 0 Å². The lowest BCUT2D eigenvalue weighted by Gasteiger charge is -2.12. The minimum atomic E-state index is -0.453. The van der Waals surface area contributed by atoms with Gasteiger partial charge in [-0.15, -0.1) is 0 Å². The van der Waals surface area contributed by atoms with Gasteiger partial charge < -0.3 is 4.57 Å². The lowest BCUT2D eigenvalue weighted by atomic mass is 10.1. The Labute approximate surface area is 124 Å². The Morgan fingerprint density at radius 3 is 2.43 bits per heavy atom. The average molecular weight is 284 g/mol. The topological polar surface area (TPSA) is 45.5 Å². The van der Waals surface area contributed by atoms with E-state index >= 15 is 0 Å². The second-order valence-electron chi connectivity index (χ2n) is 5.29. The zero-order chi connectivity index (χ0) is 15.6. The van der Waals surface area contributed by atoms with Crippen LogP contribution in [0.1, 0.15) is 22.3 Å². The minimum Gasteiger partial charge on any atom is -0.323 e. The van der Waals surface area contributed by atoms with E-state index in [1.54, 1.807) is 6.08 Å². The molecule has 0 spiro atoms. The van der Waals surface area contributed by atoms with Crippen molar-refractivity contribution < 1.29 is 10.0 Å². The number of hydroxylamine groups is 2. The molecule has 0 saturated heterocycles. The highest BCUT2D eigenvalue weighted by Crippen LogP contribution is 2.22. The van der Waals surface area contributed by atoms with Gasteiger partial charge in [0.2, 0.25) is 0 Å². The molecule has 1 aromatic heterocycles. The lowest BCUT2D eigenvalue weighted by Crippen LogP contribution is -2.19. The molecule has 1 aromatic carbocycles. The second kappa shape index (κ2) is 5.97. The third kappa shape index (κ3) is 3.41. The molecule has 1 amide bonds. The van der Waals surface area contributed by atoms with Crippen LogP contribution in [0, 0.1) is 20.8 Å². The largest absolute Gasteiger partial charge is 0.323 e. The molecular weight excluding hydrogens is 264 g/mol. The number of rotatable bonds is 3. The first kappa shape index (κ1) is 15.1. The molecule has 0 unspecified atom stereocenters. The Hall–Kier alpha value is -2.33. The Balaban J connectivity index is 2.31. The summed E-state index contributed by atoms with van der Waals surface area (Å²) in [5, 5.41) is 9.57. The van der Waals surface area contributed by atoms with E-state index in [0.29, 0.717) is 5.06 Å². The first-order valence-electron chi connectivity index (χ1n) is 6.79. The molecule has 0 aliphatic rings. The van der Waals surface area contributed by atoms with Crippen LogP contribution < -0.4 is 0 Å². The van der Waals surface area contributed by atoms with Gasteiger partial charge in [0.1, 0.15) is 0 Å². The molecule has 0 aliphatic carbocycles. The Morgan fingerprint density at radius 2 is 1.86 bits per heavy atom. The SMILES string of the molecule is Cc1cc(C)c(-n2ccc(C=CC(=O)N(C)O)c2)c(C)c1. The number of aromatic nitrogens is 1. The number of carbonyl (C=O) groups is 1. The number of hydrogen-bond acceptors (Lipinski definition) is 2. The summed E-state index contributed by atoms with van der Waals surface area (Å²) in [6, 6.07) is 6.24. The van der Waals surface area contributed by atoms with Gasteiger partial charge in [-0.05, 0) is 49.6 Å². The van der Waals surface area contributed by atoms with Crippen LogP contribution in [0.5, 0.6) is 0 Å². The number of carbonyl (C=O) groups excluding carboxylic acids is 1. The van der Waals surface area contributed by atoms with Crippen molar-refractivity contribution in [3.05, 3.63) is 58.9 Å². The zero-order valence-electron chi connectivity index (χ0n) is 12.8. The smallest absolute Gasteiger partial charge is 0.269 e. The monoisotopic (exact) mass is 284 g/mol. The summed E-state index contributed by atoms with van der Waals surface area (Å²) < 4.78 is 2.05. The van der Waals surface area contributed by atoms with Crippen LogP contribution in [-0.2, 0) is 4.79 Å². The molecule has 0 bridgehead atoms. The van der Waals surface area contributed by atoms with Crippen molar-refractivity contribution in [2.24, 2.45) is 0 Å². The molecule has 2 aromatic rings. The highest BCUT2D eigenvalue weighted by Gasteiger charge is 2.06. The van der Waals surface area contributed by atoms with Crippen LogP contribution >= 0.6 is 0 Å². The van der Waals surface area contributed by atoms with E-state index in [2.05, 4.69) is 37.5 Å². The Kier molecular flexibility index (Phi) is 4.29. The normalized spacial score (nSPS) is 11.1. The molecule has 0 fully saturated rings. The van der Waals surface area contributed by atoms with Gasteiger partial charge >= 0.3 is 0 Å². The molecule has 0 saturated carbocycles. The zero-order valence-corrected chi connectivity index (χ0v) is 12.8. The van der Waals surface area contributed by atoms with Gasteiger partial charge in [-0.25, -0.2) is 5.06 Å². The van der Waals surface area contributed by atoms with E-state index in [1.165, 1.54) is 29.8 Å². The summed E-state index contributed by atoms with van der Waals surface area (Å²) in [5.74, 6) is -0.453. The molecule has 21 heavy (non-hydrogen) atoms. The molecular formula is C17H20N2O2.